The second-order valence-electron chi connectivity index (χ2n) is 2.65. The fraction of sp³-hybridized carbons (Fsp3) is 0.667. The lowest BCUT2D eigenvalue weighted by atomic mass is 9.88. The van der Waals surface area contributed by atoms with Crippen LogP contribution in [0.25, 0.3) is 0 Å². The van der Waals surface area contributed by atoms with E-state index in [1.165, 1.54) is 13.8 Å². The fourth-order valence-electron chi connectivity index (χ4n) is 0.442. The fourth-order valence-corrected chi connectivity index (χ4v) is 0.442. The van der Waals surface area contributed by atoms with Crippen LogP contribution in [0.5, 0.6) is 0 Å². The largest absolute Gasteiger partial charge is 0.481 e. The minimum Gasteiger partial charge on any atom is -0.481 e. The van der Waals surface area contributed by atoms with Gasteiger partial charge in [0.15, 0.2) is 0 Å². The zero-order chi connectivity index (χ0) is 9.23. The standard InChI is InChI=1S/C6H11NO4.ClH/c1-3(4(8)9)6(2,7)5(10)11;/h3H,7H2,1-2H3,(H,8,9)(H,10,11);1H. The van der Waals surface area contributed by atoms with Crippen LogP contribution in [0.15, 0.2) is 0 Å². The zero-order valence-corrected chi connectivity index (χ0v) is 7.59. The van der Waals surface area contributed by atoms with Crippen LogP contribution in [-0.2, 0) is 9.59 Å². The van der Waals surface area contributed by atoms with Gasteiger partial charge in [-0.3, -0.25) is 9.59 Å². The first-order valence-corrected chi connectivity index (χ1v) is 3.05. The van der Waals surface area contributed by atoms with Gasteiger partial charge in [0.05, 0.1) is 5.92 Å². The summed E-state index contributed by atoms with van der Waals surface area (Å²) in [4.78, 5) is 20.7. The Morgan fingerprint density at radius 3 is 1.83 bits per heavy atom. The molecule has 0 heterocycles. The maximum absolute atomic E-state index is 10.4. The average molecular weight is 198 g/mol. The molecule has 0 aromatic heterocycles. The Morgan fingerprint density at radius 1 is 1.42 bits per heavy atom. The van der Waals surface area contributed by atoms with Gasteiger partial charge in [0.1, 0.15) is 5.54 Å². The van der Waals surface area contributed by atoms with E-state index in [2.05, 4.69) is 0 Å². The summed E-state index contributed by atoms with van der Waals surface area (Å²) >= 11 is 0. The monoisotopic (exact) mass is 197 g/mol. The van der Waals surface area contributed by atoms with E-state index >= 15 is 0 Å². The number of nitrogens with two attached hydrogens (primary N) is 1. The first kappa shape index (κ1) is 13.8. The molecule has 6 heteroatoms. The molecular formula is C6H12ClNO4. The SMILES string of the molecule is CC(C(=O)O)C(C)(N)C(=O)O.Cl. The Bertz CT molecular complexity index is 192. The molecule has 0 aromatic carbocycles. The molecule has 0 bridgehead atoms. The quantitative estimate of drug-likeness (QED) is 0.588. The first-order valence-electron chi connectivity index (χ1n) is 3.05. The van der Waals surface area contributed by atoms with Crippen LogP contribution in [0.2, 0.25) is 0 Å². The van der Waals surface area contributed by atoms with Crippen molar-refractivity contribution in [2.24, 2.45) is 11.7 Å². The summed E-state index contributed by atoms with van der Waals surface area (Å²) in [7, 11) is 0. The molecule has 0 rings (SSSR count). The lowest BCUT2D eigenvalue weighted by Gasteiger charge is -2.22. The molecule has 4 N–H and O–H groups in total. The molecule has 2 unspecified atom stereocenters. The summed E-state index contributed by atoms with van der Waals surface area (Å²) in [5, 5.41) is 16.9. The summed E-state index contributed by atoms with van der Waals surface area (Å²) in [6.07, 6.45) is 0. The Morgan fingerprint density at radius 2 is 1.75 bits per heavy atom. The van der Waals surface area contributed by atoms with E-state index in [-0.39, 0.29) is 12.4 Å². The third-order valence-electron chi connectivity index (χ3n) is 1.73. The van der Waals surface area contributed by atoms with Crippen molar-refractivity contribution in [3.8, 4) is 0 Å². The highest BCUT2D eigenvalue weighted by molar-refractivity contribution is 5.86. The number of carbonyl (C=O) groups is 2. The number of aliphatic carboxylic acids is 2. The number of rotatable bonds is 3. The van der Waals surface area contributed by atoms with Crippen molar-refractivity contribution in [2.75, 3.05) is 0 Å². The molecule has 0 aliphatic heterocycles. The molecule has 0 aliphatic rings. The van der Waals surface area contributed by atoms with E-state index in [9.17, 15) is 9.59 Å². The van der Waals surface area contributed by atoms with Crippen molar-refractivity contribution in [1.29, 1.82) is 0 Å². The van der Waals surface area contributed by atoms with Crippen molar-refractivity contribution in [2.45, 2.75) is 19.4 Å². The van der Waals surface area contributed by atoms with Gasteiger partial charge in [-0.15, -0.1) is 12.4 Å². The van der Waals surface area contributed by atoms with Crippen LogP contribution >= 0.6 is 12.4 Å². The molecule has 2 atom stereocenters. The second-order valence-corrected chi connectivity index (χ2v) is 2.65. The molecule has 0 aliphatic carbocycles. The van der Waals surface area contributed by atoms with Gasteiger partial charge in [-0.25, -0.2) is 0 Å². The van der Waals surface area contributed by atoms with Gasteiger partial charge >= 0.3 is 11.9 Å². The third-order valence-corrected chi connectivity index (χ3v) is 1.73. The predicted molar refractivity (Wildman–Crippen MR) is 44.3 cm³/mol. The predicted octanol–water partition coefficient (Wildman–Crippen LogP) is -0.0691. The Labute approximate surface area is 76.0 Å². The molecule has 0 saturated carbocycles. The number of carboxylic acid groups (broad SMARTS) is 2. The van der Waals surface area contributed by atoms with Crippen molar-refractivity contribution in [3.05, 3.63) is 0 Å². The summed E-state index contributed by atoms with van der Waals surface area (Å²) in [6.45, 7) is 2.44. The number of carboxylic acids is 2. The topological polar surface area (TPSA) is 101 Å². The van der Waals surface area contributed by atoms with Gasteiger partial charge in [-0.05, 0) is 13.8 Å². The van der Waals surface area contributed by atoms with E-state index in [1.807, 2.05) is 0 Å². The Hall–Kier alpha value is -0.810. The van der Waals surface area contributed by atoms with E-state index in [4.69, 9.17) is 15.9 Å². The minimum absolute atomic E-state index is 0. The Balaban J connectivity index is 0. The molecule has 0 radical (unpaired) electrons. The van der Waals surface area contributed by atoms with Crippen LogP contribution in [-0.4, -0.2) is 27.7 Å². The molecular weight excluding hydrogens is 186 g/mol. The van der Waals surface area contributed by atoms with Gasteiger partial charge in [0.25, 0.3) is 0 Å². The minimum atomic E-state index is -1.70. The van der Waals surface area contributed by atoms with Crippen LogP contribution in [0.4, 0.5) is 0 Å². The van der Waals surface area contributed by atoms with E-state index in [0.29, 0.717) is 0 Å². The number of hydrogen-bond acceptors (Lipinski definition) is 3. The second kappa shape index (κ2) is 4.27. The first-order chi connectivity index (χ1) is 4.80. The summed E-state index contributed by atoms with van der Waals surface area (Å²) in [5.41, 5.74) is 3.52. The van der Waals surface area contributed by atoms with Crippen molar-refractivity contribution < 1.29 is 19.8 Å². The molecule has 0 spiro atoms. The summed E-state index contributed by atoms with van der Waals surface area (Å²) in [5.74, 6) is -3.62. The number of hydrogen-bond donors (Lipinski definition) is 3. The molecule has 0 fully saturated rings. The van der Waals surface area contributed by atoms with Crippen molar-refractivity contribution in [3.63, 3.8) is 0 Å². The lowest BCUT2D eigenvalue weighted by Crippen LogP contribution is -2.53. The van der Waals surface area contributed by atoms with Crippen LogP contribution < -0.4 is 5.73 Å². The van der Waals surface area contributed by atoms with Crippen molar-refractivity contribution >= 4 is 24.3 Å². The maximum Gasteiger partial charge on any atom is 0.324 e. The van der Waals surface area contributed by atoms with Crippen molar-refractivity contribution in [1.82, 2.24) is 0 Å². The van der Waals surface area contributed by atoms with Gasteiger partial charge in [0, 0.05) is 0 Å². The van der Waals surface area contributed by atoms with E-state index in [0.717, 1.165) is 0 Å². The third kappa shape index (κ3) is 2.67. The van der Waals surface area contributed by atoms with Crippen LogP contribution in [0.3, 0.4) is 0 Å². The van der Waals surface area contributed by atoms with Crippen LogP contribution in [0, 0.1) is 5.92 Å². The lowest BCUT2D eigenvalue weighted by molar-refractivity contribution is -0.153. The Kier molecular flexibility index (Phi) is 4.90. The molecule has 0 aromatic rings. The smallest absolute Gasteiger partial charge is 0.324 e. The molecule has 12 heavy (non-hydrogen) atoms. The summed E-state index contributed by atoms with van der Waals surface area (Å²) < 4.78 is 0. The summed E-state index contributed by atoms with van der Waals surface area (Å²) in [6, 6.07) is 0. The van der Waals surface area contributed by atoms with Gasteiger partial charge in [0.2, 0.25) is 0 Å². The molecule has 72 valence electrons. The molecule has 0 saturated heterocycles. The van der Waals surface area contributed by atoms with Crippen LogP contribution in [0.1, 0.15) is 13.8 Å². The van der Waals surface area contributed by atoms with Gasteiger partial charge in [-0.1, -0.05) is 0 Å². The normalized spacial score (nSPS) is 16.9. The van der Waals surface area contributed by atoms with E-state index in [1.54, 1.807) is 0 Å². The van der Waals surface area contributed by atoms with Gasteiger partial charge in [-0.2, -0.15) is 0 Å². The highest BCUT2D eigenvalue weighted by Gasteiger charge is 2.38. The highest BCUT2D eigenvalue weighted by Crippen LogP contribution is 2.13. The molecule has 5 nitrogen and oxygen atoms in total. The average Bonchev–Trinajstić information content (AvgIpc) is 1.85. The highest BCUT2D eigenvalue weighted by atomic mass is 35.5. The maximum atomic E-state index is 10.4. The zero-order valence-electron chi connectivity index (χ0n) is 6.77. The van der Waals surface area contributed by atoms with Gasteiger partial charge < -0.3 is 15.9 Å². The number of halogens is 1. The molecule has 0 amide bonds. The van der Waals surface area contributed by atoms with E-state index < -0.39 is 23.4 Å².